The van der Waals surface area contributed by atoms with Gasteiger partial charge in [-0.3, -0.25) is 4.55 Å². The van der Waals surface area contributed by atoms with Crippen LogP contribution in [0.15, 0.2) is 68.6 Å². The first-order valence-electron chi connectivity index (χ1n) is 7.67. The van der Waals surface area contributed by atoms with Crippen molar-refractivity contribution in [3.05, 3.63) is 54.1 Å². The van der Waals surface area contributed by atoms with Crippen LogP contribution in [-0.4, -0.2) is 25.9 Å². The minimum absolute atomic E-state index is 0. The molecule has 1 N–H and O–H groups in total. The summed E-state index contributed by atoms with van der Waals surface area (Å²) in [5.41, 5.74) is 0.753. The molecule has 0 aliphatic heterocycles. The summed E-state index contributed by atoms with van der Waals surface area (Å²) in [5.74, 6) is -0.701. The first kappa shape index (κ1) is 27.2. The summed E-state index contributed by atoms with van der Waals surface area (Å²) in [6, 6.07) is 10.4. The van der Waals surface area contributed by atoms with Gasteiger partial charge in [0.25, 0.3) is 10.1 Å². The van der Waals surface area contributed by atoms with Crippen LogP contribution in [0.4, 0.5) is 11.4 Å². The second kappa shape index (κ2) is 10.2. The zero-order chi connectivity index (χ0) is 20.7. The molecule has 0 heterocycles. The molecular formula is C17H12N2Na2O7S2. The number of benzene rings is 3. The fraction of sp³-hybridized carbons (Fsp3) is 0.0588. The Balaban J connectivity index is 0.00000225. The molecule has 0 aromatic heterocycles. The van der Waals surface area contributed by atoms with Crippen LogP contribution in [0.1, 0.15) is 5.56 Å². The quantitative estimate of drug-likeness (QED) is 0.241. The van der Waals surface area contributed by atoms with Gasteiger partial charge in [-0.1, -0.05) is 36.1 Å². The zero-order valence-electron chi connectivity index (χ0n) is 16.2. The largest absolute Gasteiger partial charge is 1.00 e. The Morgan fingerprint density at radius 3 is 2.13 bits per heavy atom. The van der Waals surface area contributed by atoms with Gasteiger partial charge >= 0.3 is 59.1 Å². The van der Waals surface area contributed by atoms with Gasteiger partial charge in [0.05, 0.1) is 16.3 Å². The molecule has 30 heavy (non-hydrogen) atoms. The number of hydrogen-bond acceptors (Lipinski definition) is 8. The summed E-state index contributed by atoms with van der Waals surface area (Å²) in [6.07, 6.45) is 0. The monoisotopic (exact) mass is 466 g/mol. The van der Waals surface area contributed by atoms with Crippen molar-refractivity contribution in [3.63, 3.8) is 0 Å². The van der Waals surface area contributed by atoms with Gasteiger partial charge in [0.15, 0.2) is 0 Å². The van der Waals surface area contributed by atoms with Gasteiger partial charge in [-0.15, -0.1) is 0 Å². The summed E-state index contributed by atoms with van der Waals surface area (Å²) >= 11 is 0. The van der Waals surface area contributed by atoms with E-state index in [1.807, 2.05) is 0 Å². The number of rotatable bonds is 4. The van der Waals surface area contributed by atoms with E-state index in [0.717, 1.165) is 23.8 Å². The average molecular weight is 466 g/mol. The third kappa shape index (κ3) is 5.88. The SMILES string of the molecule is Cc1ccccc1N=Nc1c([O-])ccc2cc(S(=O)(=O)[O-])cc(S(=O)(=O)O)c12.[Na+].[Na+]. The predicted molar refractivity (Wildman–Crippen MR) is 96.5 cm³/mol. The van der Waals surface area contributed by atoms with Gasteiger partial charge < -0.3 is 9.66 Å². The van der Waals surface area contributed by atoms with Crippen molar-refractivity contribution in [2.24, 2.45) is 10.2 Å². The van der Waals surface area contributed by atoms with Crippen LogP contribution < -0.4 is 64.2 Å². The molecule has 0 fully saturated rings. The first-order valence-corrected chi connectivity index (χ1v) is 10.5. The number of aryl methyl sites for hydroxylation is 1. The third-order valence-corrected chi connectivity index (χ3v) is 5.62. The van der Waals surface area contributed by atoms with Crippen molar-refractivity contribution in [1.82, 2.24) is 0 Å². The smallest absolute Gasteiger partial charge is 0.871 e. The van der Waals surface area contributed by atoms with Gasteiger partial charge in [-0.25, -0.2) is 8.42 Å². The van der Waals surface area contributed by atoms with E-state index >= 15 is 0 Å². The molecule has 0 saturated carbocycles. The molecule has 0 radical (unpaired) electrons. The average Bonchev–Trinajstić information content (AvgIpc) is 2.59. The summed E-state index contributed by atoms with van der Waals surface area (Å²) in [5, 5.41) is 19.7. The summed E-state index contributed by atoms with van der Waals surface area (Å²) in [6.45, 7) is 1.75. The van der Waals surface area contributed by atoms with Gasteiger partial charge in [0.2, 0.25) is 0 Å². The maximum atomic E-state index is 12.3. The molecule has 0 spiro atoms. The van der Waals surface area contributed by atoms with E-state index in [9.17, 15) is 31.0 Å². The van der Waals surface area contributed by atoms with E-state index in [1.54, 1.807) is 31.2 Å². The van der Waals surface area contributed by atoms with Crippen LogP contribution in [0.5, 0.6) is 5.75 Å². The maximum absolute atomic E-state index is 12.3. The first-order chi connectivity index (χ1) is 13.0. The molecule has 146 valence electrons. The van der Waals surface area contributed by atoms with E-state index < -0.39 is 41.5 Å². The molecule has 0 amide bonds. The van der Waals surface area contributed by atoms with E-state index in [2.05, 4.69) is 10.2 Å². The molecule has 0 aliphatic rings. The Hall–Kier alpha value is -0.860. The summed E-state index contributed by atoms with van der Waals surface area (Å²) in [7, 11) is -10.0. The molecule has 0 bridgehead atoms. The van der Waals surface area contributed by atoms with E-state index in [4.69, 9.17) is 0 Å². The molecule has 0 aliphatic carbocycles. The van der Waals surface area contributed by atoms with Crippen LogP contribution in [0.25, 0.3) is 10.8 Å². The molecule has 13 heteroatoms. The van der Waals surface area contributed by atoms with Crippen molar-refractivity contribution in [3.8, 4) is 5.75 Å². The van der Waals surface area contributed by atoms with Crippen LogP contribution >= 0.6 is 0 Å². The van der Waals surface area contributed by atoms with Gasteiger partial charge in [-0.05, 0) is 36.1 Å². The molecule has 9 nitrogen and oxygen atoms in total. The number of nitrogens with zero attached hydrogens (tertiary/aromatic N) is 2. The Bertz CT molecular complexity index is 1340. The molecule has 0 saturated heterocycles. The van der Waals surface area contributed by atoms with E-state index in [0.29, 0.717) is 11.8 Å². The number of fused-ring (bicyclic) bond motifs is 1. The van der Waals surface area contributed by atoms with Crippen LogP contribution in [0.2, 0.25) is 0 Å². The minimum Gasteiger partial charge on any atom is -0.871 e. The van der Waals surface area contributed by atoms with Crippen molar-refractivity contribution < 1.29 is 90.2 Å². The molecule has 3 aromatic rings. The van der Waals surface area contributed by atoms with Gasteiger partial charge in [-0.2, -0.15) is 18.6 Å². The van der Waals surface area contributed by atoms with Gasteiger partial charge in [0.1, 0.15) is 15.0 Å². The number of hydrogen-bond donors (Lipinski definition) is 1. The predicted octanol–water partition coefficient (Wildman–Crippen LogP) is -3.20. The summed E-state index contributed by atoms with van der Waals surface area (Å²) in [4.78, 5) is -1.79. The van der Waals surface area contributed by atoms with E-state index in [-0.39, 0.29) is 69.9 Å². The van der Waals surface area contributed by atoms with Crippen molar-refractivity contribution >= 4 is 42.4 Å². The Morgan fingerprint density at radius 1 is 0.933 bits per heavy atom. The molecule has 3 aromatic carbocycles. The Morgan fingerprint density at radius 2 is 1.57 bits per heavy atom. The van der Waals surface area contributed by atoms with Crippen molar-refractivity contribution in [1.29, 1.82) is 0 Å². The zero-order valence-corrected chi connectivity index (χ0v) is 21.9. The molecular weight excluding hydrogens is 454 g/mol. The third-order valence-electron chi connectivity index (χ3n) is 3.93. The maximum Gasteiger partial charge on any atom is 1.00 e. The Kier molecular flexibility index (Phi) is 9.21. The second-order valence-electron chi connectivity index (χ2n) is 5.85. The van der Waals surface area contributed by atoms with Crippen molar-refractivity contribution in [2.45, 2.75) is 16.7 Å². The van der Waals surface area contributed by atoms with Crippen LogP contribution in [0, 0.1) is 6.92 Å². The normalized spacial score (nSPS) is 11.8. The topological polar surface area (TPSA) is 159 Å². The standard InChI is InChI=1S/C17H14N2O7S2.2Na/c1-10-4-2-3-5-13(10)18-19-17-14(20)7-6-11-8-12(27(21,22)23)9-15(16(11)17)28(24,25)26;;/h2-9,20H,1H3,(H,21,22,23)(H,24,25,26);;/q;2*+1/p-2. The molecule has 0 atom stereocenters. The number of azo groups is 1. The fourth-order valence-electron chi connectivity index (χ4n) is 2.59. The second-order valence-corrected chi connectivity index (χ2v) is 8.62. The molecule has 0 unspecified atom stereocenters. The van der Waals surface area contributed by atoms with Crippen LogP contribution in [-0.2, 0) is 20.2 Å². The molecule has 3 rings (SSSR count). The van der Waals surface area contributed by atoms with Gasteiger partial charge in [0, 0.05) is 5.39 Å². The fourth-order valence-corrected chi connectivity index (χ4v) is 3.95. The van der Waals surface area contributed by atoms with Crippen LogP contribution in [0.3, 0.4) is 0 Å². The summed E-state index contributed by atoms with van der Waals surface area (Å²) < 4.78 is 67.1. The van der Waals surface area contributed by atoms with E-state index in [1.165, 1.54) is 0 Å². The minimum atomic E-state index is -5.02. The van der Waals surface area contributed by atoms with Crippen molar-refractivity contribution in [2.75, 3.05) is 0 Å². The Labute approximate surface area is 217 Å².